The highest BCUT2D eigenvalue weighted by Crippen LogP contribution is 2.72. The van der Waals surface area contributed by atoms with Crippen molar-refractivity contribution in [1.82, 2.24) is 0 Å². The van der Waals surface area contributed by atoms with Crippen LogP contribution >= 0.6 is 0 Å². The molecule has 0 spiro atoms. The van der Waals surface area contributed by atoms with Gasteiger partial charge in [-0.05, 0) is 84.4 Å². The molecule has 0 aromatic heterocycles. The largest absolute Gasteiger partial charge is 0.397 e. The van der Waals surface area contributed by atoms with E-state index in [1.165, 1.54) is 6.42 Å². The molecule has 3 N–H and O–H groups in total. The highest BCUT2D eigenvalue weighted by Gasteiger charge is 2.66. The lowest BCUT2D eigenvalue weighted by atomic mass is 9.43. The minimum atomic E-state index is -5.08. The summed E-state index contributed by atoms with van der Waals surface area (Å²) in [6.45, 7) is 13.1. The van der Waals surface area contributed by atoms with Gasteiger partial charge in [-0.25, -0.2) is 12.5 Å². The van der Waals surface area contributed by atoms with E-state index in [9.17, 15) is 38.9 Å². The van der Waals surface area contributed by atoms with Crippen molar-refractivity contribution in [2.45, 2.75) is 118 Å². The highest BCUT2D eigenvalue weighted by atomic mass is 32.3. The summed E-state index contributed by atoms with van der Waals surface area (Å²) >= 11 is 0. The van der Waals surface area contributed by atoms with Crippen LogP contribution < -0.4 is 0 Å². The zero-order valence-corrected chi connectivity index (χ0v) is 28.3. The summed E-state index contributed by atoms with van der Waals surface area (Å²) in [5.74, 6) is 0.614. The van der Waals surface area contributed by atoms with Crippen LogP contribution in [0.2, 0.25) is 0 Å². The lowest BCUT2D eigenvalue weighted by Crippen LogP contribution is -2.60. The second-order valence-electron chi connectivity index (χ2n) is 14.6. The van der Waals surface area contributed by atoms with Crippen LogP contribution in [-0.4, -0.2) is 57.2 Å². The molecule has 0 saturated heterocycles. The minimum Gasteiger partial charge on any atom is -0.264 e. The monoisotopic (exact) mass is 672 g/mol. The summed E-state index contributed by atoms with van der Waals surface area (Å²) < 4.78 is 115. The van der Waals surface area contributed by atoms with Crippen molar-refractivity contribution < 1.29 is 51.5 Å². The van der Waals surface area contributed by atoms with Crippen molar-refractivity contribution in [3.63, 3.8) is 0 Å². The van der Waals surface area contributed by atoms with Gasteiger partial charge in [-0.3, -0.25) is 13.7 Å². The normalized spacial score (nSPS) is 40.8. The van der Waals surface area contributed by atoms with Gasteiger partial charge in [-0.15, -0.1) is 0 Å². The Morgan fingerprint density at radius 3 is 1.93 bits per heavy atom. The molecule has 250 valence electrons. The molecule has 0 aliphatic heterocycles. The Morgan fingerprint density at radius 1 is 0.814 bits per heavy atom. The van der Waals surface area contributed by atoms with E-state index in [0.717, 1.165) is 37.7 Å². The summed E-state index contributed by atoms with van der Waals surface area (Å²) in [4.78, 5) is 0. The van der Waals surface area contributed by atoms with Gasteiger partial charge in [0.25, 0.3) is 0 Å². The highest BCUT2D eigenvalue weighted by molar-refractivity contribution is 7.81. The molecule has 10 unspecified atom stereocenters. The fourth-order valence-electron chi connectivity index (χ4n) is 9.65. The predicted molar refractivity (Wildman–Crippen MR) is 158 cm³/mol. The van der Waals surface area contributed by atoms with E-state index in [1.807, 2.05) is 6.92 Å². The van der Waals surface area contributed by atoms with Crippen LogP contribution in [0.1, 0.15) is 99.3 Å². The molecule has 4 aliphatic carbocycles. The van der Waals surface area contributed by atoms with E-state index >= 15 is 0 Å². The van der Waals surface area contributed by atoms with E-state index in [-0.39, 0.29) is 36.0 Å². The first kappa shape index (κ1) is 35.2. The predicted octanol–water partition coefficient (Wildman–Crippen LogP) is 5.20. The van der Waals surface area contributed by atoms with Gasteiger partial charge in [0.2, 0.25) is 0 Å². The molecular formula is C28H48O12S3. The van der Waals surface area contributed by atoms with Gasteiger partial charge in [-0.2, -0.15) is 25.3 Å². The van der Waals surface area contributed by atoms with Crippen molar-refractivity contribution in [2.75, 3.05) is 0 Å². The van der Waals surface area contributed by atoms with E-state index in [0.29, 0.717) is 17.8 Å². The molecule has 3 fully saturated rings. The lowest BCUT2D eigenvalue weighted by molar-refractivity contribution is -0.122. The molecule has 0 radical (unpaired) electrons. The maximum absolute atomic E-state index is 12.1. The van der Waals surface area contributed by atoms with Crippen molar-refractivity contribution in [1.29, 1.82) is 0 Å². The van der Waals surface area contributed by atoms with Crippen LogP contribution in [0.4, 0.5) is 0 Å². The average Bonchev–Trinajstić information content (AvgIpc) is 3.08. The third-order valence-corrected chi connectivity index (χ3v) is 13.2. The Hall–Kier alpha value is -0.650. The summed E-state index contributed by atoms with van der Waals surface area (Å²) in [6, 6.07) is 0. The van der Waals surface area contributed by atoms with Gasteiger partial charge >= 0.3 is 31.2 Å². The molecule has 0 bridgehead atoms. The number of rotatable bonds is 11. The molecular weight excluding hydrogens is 624 g/mol. The fourth-order valence-corrected chi connectivity index (χ4v) is 11.2. The fraction of sp³-hybridized carbons (Fsp3) is 0.929. The van der Waals surface area contributed by atoms with Crippen LogP contribution in [0, 0.1) is 45.8 Å². The topological polar surface area (TPSA) is 191 Å². The van der Waals surface area contributed by atoms with Gasteiger partial charge in [0.05, 0.1) is 6.10 Å². The SMILES string of the molecule is CC(C)CCCC(C)C1CCC2(C)C3CC(OS(=O)(=O)O)C4CC(OS(=O)(=O)O)C(OS(=O)(=O)O)CC4(C)C3=CCC12C. The molecule has 15 heteroatoms. The summed E-state index contributed by atoms with van der Waals surface area (Å²) in [7, 11) is -15.1. The molecule has 4 rings (SSSR count). The third-order valence-electron chi connectivity index (χ3n) is 11.8. The standard InChI is InChI=1S/C28H48O12S3/c1-17(2)8-7-9-18(3)19-10-12-28(6)21-14-23(38-41(29,30)31)22-15-24(39-42(32,33)34)25(40-43(35,36)37)16-26(22,4)20(21)11-13-27(19,28)5/h11,17-19,21-25H,7-10,12-16H2,1-6H3,(H,29,30,31)(H,32,33,34)(H,35,36,37). The van der Waals surface area contributed by atoms with Gasteiger partial charge in [-0.1, -0.05) is 72.5 Å². The second-order valence-corrected chi connectivity index (χ2v) is 17.7. The molecule has 0 amide bonds. The van der Waals surface area contributed by atoms with Gasteiger partial charge in [0, 0.05) is 0 Å². The maximum Gasteiger partial charge on any atom is 0.397 e. The molecule has 0 heterocycles. The van der Waals surface area contributed by atoms with Gasteiger partial charge in [0.15, 0.2) is 0 Å². The van der Waals surface area contributed by atoms with Crippen molar-refractivity contribution in [3.8, 4) is 0 Å². The quantitative estimate of drug-likeness (QED) is 0.192. The summed E-state index contributed by atoms with van der Waals surface area (Å²) in [6.07, 6.45) is 3.86. The lowest BCUT2D eigenvalue weighted by Gasteiger charge is -2.63. The van der Waals surface area contributed by atoms with E-state index < -0.39 is 60.8 Å². The molecule has 0 aromatic carbocycles. The van der Waals surface area contributed by atoms with E-state index in [4.69, 9.17) is 12.5 Å². The van der Waals surface area contributed by atoms with Crippen LogP contribution in [-0.2, 0) is 43.7 Å². The van der Waals surface area contributed by atoms with Crippen LogP contribution in [0.3, 0.4) is 0 Å². The number of hydrogen-bond acceptors (Lipinski definition) is 9. The molecule has 12 nitrogen and oxygen atoms in total. The first-order chi connectivity index (χ1) is 19.5. The van der Waals surface area contributed by atoms with Gasteiger partial charge < -0.3 is 0 Å². The second kappa shape index (κ2) is 11.9. The Bertz CT molecular complexity index is 1410. The number of allylic oxidation sites excluding steroid dienone is 2. The summed E-state index contributed by atoms with van der Waals surface area (Å²) in [5.41, 5.74) is -0.378. The first-order valence-corrected chi connectivity index (χ1v) is 19.3. The van der Waals surface area contributed by atoms with Crippen LogP contribution in [0.25, 0.3) is 0 Å². The van der Waals surface area contributed by atoms with Crippen LogP contribution in [0.5, 0.6) is 0 Å². The Kier molecular flexibility index (Phi) is 9.71. The zero-order valence-electron chi connectivity index (χ0n) is 25.8. The van der Waals surface area contributed by atoms with E-state index in [1.54, 1.807) is 0 Å². The number of hydrogen-bond donors (Lipinski definition) is 3. The molecule has 0 aromatic rings. The molecule has 10 atom stereocenters. The zero-order chi connectivity index (χ0) is 32.4. The maximum atomic E-state index is 12.1. The smallest absolute Gasteiger partial charge is 0.264 e. The Morgan fingerprint density at radius 2 is 1.37 bits per heavy atom. The Labute approximate surface area is 257 Å². The summed E-state index contributed by atoms with van der Waals surface area (Å²) in [5, 5.41) is 0. The third kappa shape index (κ3) is 7.19. The molecule has 4 aliphatic rings. The van der Waals surface area contributed by atoms with Crippen molar-refractivity contribution >= 4 is 31.2 Å². The van der Waals surface area contributed by atoms with E-state index in [2.05, 4.69) is 40.7 Å². The first-order valence-electron chi connectivity index (χ1n) is 15.2. The Balaban J connectivity index is 1.76. The molecule has 3 saturated carbocycles. The molecule has 43 heavy (non-hydrogen) atoms. The van der Waals surface area contributed by atoms with Gasteiger partial charge in [0.1, 0.15) is 12.2 Å². The van der Waals surface area contributed by atoms with Crippen LogP contribution in [0.15, 0.2) is 11.6 Å². The van der Waals surface area contributed by atoms with Crippen molar-refractivity contribution in [2.24, 2.45) is 45.8 Å². The van der Waals surface area contributed by atoms with Crippen molar-refractivity contribution in [3.05, 3.63) is 11.6 Å². The minimum absolute atomic E-state index is 0.111. The average molecular weight is 673 g/mol. The number of fused-ring (bicyclic) bond motifs is 5.